The van der Waals surface area contributed by atoms with Crippen molar-refractivity contribution in [2.75, 3.05) is 13.7 Å². The van der Waals surface area contributed by atoms with E-state index >= 15 is 0 Å². The second kappa shape index (κ2) is 8.11. The number of benzene rings is 1. The summed E-state index contributed by atoms with van der Waals surface area (Å²) < 4.78 is 26.0. The maximum atomic E-state index is 14.7. The molecule has 0 bridgehead atoms. The molecule has 1 aromatic carbocycles. The largest absolute Gasteiger partial charge is 0.496 e. The molecule has 5 nitrogen and oxygen atoms in total. The normalized spacial score (nSPS) is 25.7. The maximum Gasteiger partial charge on any atom is 0.252 e. The summed E-state index contributed by atoms with van der Waals surface area (Å²) in [5, 5.41) is 0. The molecule has 0 aromatic heterocycles. The fourth-order valence-corrected chi connectivity index (χ4v) is 4.62. The van der Waals surface area contributed by atoms with Gasteiger partial charge in [0.2, 0.25) is 0 Å². The van der Waals surface area contributed by atoms with Crippen molar-refractivity contribution in [3.63, 3.8) is 0 Å². The number of carbonyl (C=O) groups is 2. The molecule has 1 aliphatic heterocycles. The van der Waals surface area contributed by atoms with E-state index in [0.29, 0.717) is 31.4 Å². The fourth-order valence-electron chi connectivity index (χ4n) is 4.62. The van der Waals surface area contributed by atoms with E-state index in [1.54, 1.807) is 12.2 Å². The lowest BCUT2D eigenvalue weighted by Gasteiger charge is -2.42. The van der Waals surface area contributed by atoms with Gasteiger partial charge in [0.1, 0.15) is 11.6 Å². The predicted molar refractivity (Wildman–Crippen MR) is 108 cm³/mol. The van der Waals surface area contributed by atoms with Crippen LogP contribution < -0.4 is 10.5 Å². The molecule has 2 aliphatic rings. The van der Waals surface area contributed by atoms with Crippen LogP contribution in [-0.2, 0) is 16.0 Å². The SMILES string of the molecule is C=CC(C)[C@H]1C[C@]2(C(C)Cc3cc(C(N)=O)c(OC)cc3F)OCCC2=CC1=O. The molecule has 1 aromatic rings. The van der Waals surface area contributed by atoms with Gasteiger partial charge >= 0.3 is 0 Å². The molecule has 156 valence electrons. The van der Waals surface area contributed by atoms with E-state index in [2.05, 4.69) is 6.58 Å². The number of nitrogens with two attached hydrogens (primary N) is 1. The molecule has 0 radical (unpaired) electrons. The lowest BCUT2D eigenvalue weighted by Crippen LogP contribution is -2.46. The highest BCUT2D eigenvalue weighted by Crippen LogP contribution is 2.48. The van der Waals surface area contributed by atoms with Gasteiger partial charge in [-0.05, 0) is 54.4 Å². The van der Waals surface area contributed by atoms with Crippen molar-refractivity contribution in [3.8, 4) is 5.75 Å². The third-order valence-corrected chi connectivity index (χ3v) is 6.44. The fraction of sp³-hybridized carbons (Fsp3) is 0.478. The third-order valence-electron chi connectivity index (χ3n) is 6.44. The molecule has 4 atom stereocenters. The zero-order valence-corrected chi connectivity index (χ0v) is 17.2. The highest BCUT2D eigenvalue weighted by atomic mass is 19.1. The van der Waals surface area contributed by atoms with Gasteiger partial charge in [0.05, 0.1) is 24.9 Å². The summed E-state index contributed by atoms with van der Waals surface area (Å²) in [6, 6.07) is 2.65. The first-order chi connectivity index (χ1) is 13.7. The van der Waals surface area contributed by atoms with Crippen LogP contribution in [0.3, 0.4) is 0 Å². The predicted octanol–water partition coefficient (Wildman–Crippen LogP) is 3.61. The molecule has 1 heterocycles. The van der Waals surface area contributed by atoms with Crippen LogP contribution >= 0.6 is 0 Å². The Labute approximate surface area is 170 Å². The second-order valence-corrected chi connectivity index (χ2v) is 8.08. The number of allylic oxidation sites excluding steroid dienone is 2. The van der Waals surface area contributed by atoms with Crippen LogP contribution in [0.5, 0.6) is 5.75 Å². The summed E-state index contributed by atoms with van der Waals surface area (Å²) in [4.78, 5) is 24.3. The summed E-state index contributed by atoms with van der Waals surface area (Å²) in [6.45, 7) is 8.34. The van der Waals surface area contributed by atoms with E-state index in [0.717, 1.165) is 5.57 Å². The third kappa shape index (κ3) is 3.73. The van der Waals surface area contributed by atoms with E-state index in [1.165, 1.54) is 19.2 Å². The maximum absolute atomic E-state index is 14.7. The zero-order valence-electron chi connectivity index (χ0n) is 17.2. The van der Waals surface area contributed by atoms with Gasteiger partial charge in [0, 0.05) is 12.0 Å². The van der Waals surface area contributed by atoms with Gasteiger partial charge in [0.25, 0.3) is 5.91 Å². The number of ketones is 1. The first kappa shape index (κ1) is 21.2. The van der Waals surface area contributed by atoms with Crippen molar-refractivity contribution in [3.05, 3.63) is 53.4 Å². The Bertz CT molecular complexity index is 878. The Morgan fingerprint density at radius 3 is 2.83 bits per heavy atom. The minimum atomic E-state index is -0.672. The smallest absolute Gasteiger partial charge is 0.252 e. The number of hydrogen-bond acceptors (Lipinski definition) is 4. The first-order valence-electron chi connectivity index (χ1n) is 9.91. The lowest BCUT2D eigenvalue weighted by molar-refractivity contribution is -0.124. The Balaban J connectivity index is 1.95. The molecule has 2 N–H and O–H groups in total. The monoisotopic (exact) mass is 401 g/mol. The standard InChI is InChI=1S/C23H28FNO4/c1-5-13(2)18-12-23(16(6-7-29-23)10-20(18)26)14(3)8-15-9-17(22(25)27)21(28-4)11-19(15)24/h5,9-11,13-14,18H,1,6-8,12H2,2-4H3,(H2,25,27)/t13?,14?,18-,23-/m1/s1. The van der Waals surface area contributed by atoms with E-state index in [-0.39, 0.29) is 34.8 Å². The number of hydrogen-bond donors (Lipinski definition) is 1. The molecular formula is C23H28FNO4. The number of fused-ring (bicyclic) bond motifs is 1. The van der Waals surface area contributed by atoms with Crippen LogP contribution in [0.15, 0.2) is 36.4 Å². The summed E-state index contributed by atoms with van der Waals surface area (Å²) in [7, 11) is 1.37. The highest BCUT2D eigenvalue weighted by molar-refractivity contribution is 5.96. The van der Waals surface area contributed by atoms with Crippen LogP contribution in [0.25, 0.3) is 0 Å². The molecule has 0 saturated carbocycles. The molecule has 2 unspecified atom stereocenters. The molecule has 1 saturated heterocycles. The van der Waals surface area contributed by atoms with Gasteiger partial charge in [-0.3, -0.25) is 9.59 Å². The van der Waals surface area contributed by atoms with Crippen LogP contribution in [0.1, 0.15) is 42.6 Å². The number of carbonyl (C=O) groups excluding carboxylic acids is 2. The second-order valence-electron chi connectivity index (χ2n) is 8.08. The lowest BCUT2D eigenvalue weighted by atomic mass is 9.66. The Morgan fingerprint density at radius 1 is 1.48 bits per heavy atom. The van der Waals surface area contributed by atoms with Crippen molar-refractivity contribution in [1.29, 1.82) is 0 Å². The van der Waals surface area contributed by atoms with Crippen molar-refractivity contribution in [2.24, 2.45) is 23.5 Å². The number of ether oxygens (including phenoxy) is 2. The number of halogens is 1. The topological polar surface area (TPSA) is 78.6 Å². The van der Waals surface area contributed by atoms with Crippen LogP contribution in [0, 0.1) is 23.6 Å². The molecule has 1 aliphatic carbocycles. The minimum Gasteiger partial charge on any atom is -0.496 e. The van der Waals surface area contributed by atoms with Gasteiger partial charge in [0.15, 0.2) is 5.78 Å². The molecule has 29 heavy (non-hydrogen) atoms. The van der Waals surface area contributed by atoms with Crippen molar-refractivity contribution >= 4 is 11.7 Å². The Morgan fingerprint density at radius 2 is 2.21 bits per heavy atom. The molecule has 3 rings (SSSR count). The number of amides is 1. The van der Waals surface area contributed by atoms with E-state index in [9.17, 15) is 14.0 Å². The number of methoxy groups -OCH3 is 1. The minimum absolute atomic E-state index is 0.0211. The van der Waals surface area contributed by atoms with E-state index in [1.807, 2.05) is 13.8 Å². The number of rotatable bonds is 7. The van der Waals surface area contributed by atoms with Crippen LogP contribution in [0.4, 0.5) is 4.39 Å². The van der Waals surface area contributed by atoms with Crippen LogP contribution in [-0.4, -0.2) is 31.0 Å². The molecule has 1 amide bonds. The summed E-state index contributed by atoms with van der Waals surface area (Å²) in [5.74, 6) is -1.20. The van der Waals surface area contributed by atoms with Gasteiger partial charge in [-0.1, -0.05) is 19.9 Å². The zero-order chi connectivity index (χ0) is 21.3. The van der Waals surface area contributed by atoms with Gasteiger partial charge in [-0.15, -0.1) is 6.58 Å². The quantitative estimate of drug-likeness (QED) is 0.708. The molecular weight excluding hydrogens is 373 g/mol. The summed E-state index contributed by atoms with van der Waals surface area (Å²) in [5.41, 5.74) is 6.31. The van der Waals surface area contributed by atoms with E-state index < -0.39 is 17.3 Å². The van der Waals surface area contributed by atoms with Gasteiger partial charge < -0.3 is 15.2 Å². The van der Waals surface area contributed by atoms with E-state index in [4.69, 9.17) is 15.2 Å². The van der Waals surface area contributed by atoms with Crippen molar-refractivity contribution in [1.82, 2.24) is 0 Å². The van der Waals surface area contributed by atoms with Crippen molar-refractivity contribution in [2.45, 2.75) is 38.7 Å². The van der Waals surface area contributed by atoms with Crippen LogP contribution in [0.2, 0.25) is 0 Å². The average Bonchev–Trinajstić information content (AvgIpc) is 3.11. The van der Waals surface area contributed by atoms with Gasteiger partial charge in [-0.2, -0.15) is 0 Å². The average molecular weight is 401 g/mol. The number of primary amides is 1. The summed E-state index contributed by atoms with van der Waals surface area (Å²) >= 11 is 0. The highest BCUT2D eigenvalue weighted by Gasteiger charge is 2.50. The molecule has 0 spiro atoms. The Kier molecular flexibility index (Phi) is 5.94. The first-order valence-corrected chi connectivity index (χ1v) is 9.91. The molecule has 6 heteroatoms. The van der Waals surface area contributed by atoms with Gasteiger partial charge in [-0.25, -0.2) is 4.39 Å². The summed E-state index contributed by atoms with van der Waals surface area (Å²) in [6.07, 6.45) is 5.10. The van der Waals surface area contributed by atoms with Crippen molar-refractivity contribution < 1.29 is 23.5 Å². The Hall–Kier alpha value is -2.47. The molecule has 1 fully saturated rings.